The topological polar surface area (TPSA) is 43.1 Å². The van der Waals surface area contributed by atoms with Crippen LogP contribution in [0.25, 0.3) is 0 Å². The number of carbonyl (C=O) groups is 1. The molecule has 1 aromatic carbocycles. The molecule has 12 heavy (non-hydrogen) atoms. The minimum atomic E-state index is -0.609. The van der Waals surface area contributed by atoms with Gasteiger partial charge in [0.1, 0.15) is 0 Å². The lowest BCUT2D eigenvalue weighted by atomic mass is 10.1. The third-order valence-corrected chi connectivity index (χ3v) is 1.78. The van der Waals surface area contributed by atoms with E-state index in [4.69, 9.17) is 5.73 Å². The average molecular weight is 167 g/mol. The van der Waals surface area contributed by atoms with Crippen LogP contribution in [-0.2, 0) is 0 Å². The minimum absolute atomic E-state index is 0.0538. The molecule has 2 N–H and O–H groups in total. The van der Waals surface area contributed by atoms with Crippen LogP contribution >= 0.6 is 0 Å². The van der Waals surface area contributed by atoms with E-state index in [1.165, 1.54) is 13.0 Å². The number of ketones is 1. The van der Waals surface area contributed by atoms with Gasteiger partial charge in [0.2, 0.25) is 0 Å². The summed E-state index contributed by atoms with van der Waals surface area (Å²) in [6.07, 6.45) is 0. The molecule has 0 radical (unpaired) electrons. The molecule has 0 saturated heterocycles. The predicted octanol–water partition coefficient (Wildman–Crippen LogP) is 1.92. The predicted molar refractivity (Wildman–Crippen MR) is 45.6 cm³/mol. The third-order valence-electron chi connectivity index (χ3n) is 1.78. The maximum absolute atomic E-state index is 13.2. The van der Waals surface area contributed by atoms with Crippen molar-refractivity contribution in [3.63, 3.8) is 0 Å². The minimum Gasteiger partial charge on any atom is -0.396 e. The third kappa shape index (κ3) is 1.30. The fourth-order valence-electron chi connectivity index (χ4n) is 0.961. The number of nitrogens with two attached hydrogens (primary N) is 1. The van der Waals surface area contributed by atoms with Crippen molar-refractivity contribution >= 4 is 11.5 Å². The summed E-state index contributed by atoms with van der Waals surface area (Å²) < 4.78 is 13.2. The van der Waals surface area contributed by atoms with E-state index in [2.05, 4.69) is 0 Å². The fourth-order valence-corrected chi connectivity index (χ4v) is 0.961. The van der Waals surface area contributed by atoms with E-state index >= 15 is 0 Å². The molecule has 1 rings (SSSR count). The molecule has 0 unspecified atom stereocenters. The first-order valence-corrected chi connectivity index (χ1v) is 3.59. The average Bonchev–Trinajstić information content (AvgIpc) is 2.00. The van der Waals surface area contributed by atoms with Crippen LogP contribution in [0.4, 0.5) is 10.1 Å². The molecule has 0 aliphatic rings. The second kappa shape index (κ2) is 2.93. The Hall–Kier alpha value is -1.38. The van der Waals surface area contributed by atoms with Gasteiger partial charge in [0.05, 0.1) is 11.3 Å². The van der Waals surface area contributed by atoms with Gasteiger partial charge in [-0.25, -0.2) is 4.39 Å². The number of rotatable bonds is 1. The van der Waals surface area contributed by atoms with Gasteiger partial charge in [-0.1, -0.05) is 6.07 Å². The molecule has 64 valence electrons. The molecule has 0 atom stereocenters. The van der Waals surface area contributed by atoms with Crippen molar-refractivity contribution in [3.05, 3.63) is 29.1 Å². The standard InChI is InChI=1S/C9H10FNO/c1-5-3-4-7(6(2)12)8(10)9(5)11/h3-4H,11H2,1-2H3. The van der Waals surface area contributed by atoms with Gasteiger partial charge in [-0.3, -0.25) is 4.79 Å². The maximum atomic E-state index is 13.2. The lowest BCUT2D eigenvalue weighted by Crippen LogP contribution is -2.02. The number of hydrogen-bond acceptors (Lipinski definition) is 2. The molecule has 0 heterocycles. The van der Waals surface area contributed by atoms with Crippen LogP contribution in [0.15, 0.2) is 12.1 Å². The van der Waals surface area contributed by atoms with E-state index < -0.39 is 5.82 Å². The summed E-state index contributed by atoms with van der Waals surface area (Å²) in [5, 5.41) is 0. The Morgan fingerprint density at radius 3 is 2.58 bits per heavy atom. The monoisotopic (exact) mass is 167 g/mol. The van der Waals surface area contributed by atoms with E-state index in [-0.39, 0.29) is 17.0 Å². The Balaban J connectivity index is 3.36. The highest BCUT2D eigenvalue weighted by molar-refractivity contribution is 5.95. The lowest BCUT2D eigenvalue weighted by molar-refractivity contribution is 0.101. The van der Waals surface area contributed by atoms with Crippen molar-refractivity contribution in [2.45, 2.75) is 13.8 Å². The number of benzene rings is 1. The van der Waals surface area contributed by atoms with Gasteiger partial charge in [-0.2, -0.15) is 0 Å². The van der Waals surface area contributed by atoms with Crippen molar-refractivity contribution in [2.75, 3.05) is 5.73 Å². The number of carbonyl (C=O) groups excluding carboxylic acids is 1. The number of nitrogen functional groups attached to an aromatic ring is 1. The van der Waals surface area contributed by atoms with Crippen LogP contribution in [0.1, 0.15) is 22.8 Å². The molecule has 1 aromatic rings. The van der Waals surface area contributed by atoms with Crippen LogP contribution in [0.2, 0.25) is 0 Å². The Labute approximate surface area is 70.2 Å². The van der Waals surface area contributed by atoms with Crippen molar-refractivity contribution in [2.24, 2.45) is 0 Å². The molecule has 0 fully saturated rings. The van der Waals surface area contributed by atoms with Crippen LogP contribution in [-0.4, -0.2) is 5.78 Å². The quantitative estimate of drug-likeness (QED) is 0.513. The highest BCUT2D eigenvalue weighted by Gasteiger charge is 2.10. The maximum Gasteiger partial charge on any atom is 0.162 e. The Bertz CT molecular complexity index is 334. The zero-order valence-electron chi connectivity index (χ0n) is 7.02. The van der Waals surface area contributed by atoms with Crippen molar-refractivity contribution < 1.29 is 9.18 Å². The molecule has 0 saturated carbocycles. The summed E-state index contributed by atoms with van der Waals surface area (Å²) in [4.78, 5) is 10.8. The summed E-state index contributed by atoms with van der Waals surface area (Å²) in [6, 6.07) is 3.08. The van der Waals surface area contributed by atoms with Crippen LogP contribution in [0.3, 0.4) is 0 Å². The SMILES string of the molecule is CC(=O)c1ccc(C)c(N)c1F. The first-order chi connectivity index (χ1) is 5.54. The first kappa shape index (κ1) is 8.71. The zero-order chi connectivity index (χ0) is 9.30. The molecular weight excluding hydrogens is 157 g/mol. The van der Waals surface area contributed by atoms with Gasteiger partial charge in [-0.05, 0) is 25.5 Å². The summed E-state index contributed by atoms with van der Waals surface area (Å²) in [5.74, 6) is -0.915. The molecular formula is C9H10FNO. The van der Waals surface area contributed by atoms with E-state index in [9.17, 15) is 9.18 Å². The summed E-state index contributed by atoms with van der Waals surface area (Å²) in [6.45, 7) is 3.01. The van der Waals surface area contributed by atoms with Gasteiger partial charge in [0, 0.05) is 0 Å². The highest BCUT2D eigenvalue weighted by Crippen LogP contribution is 2.19. The van der Waals surface area contributed by atoms with Crippen molar-refractivity contribution in [1.82, 2.24) is 0 Å². The Morgan fingerprint density at radius 2 is 2.08 bits per heavy atom. The molecule has 0 amide bonds. The Kier molecular flexibility index (Phi) is 2.13. The van der Waals surface area contributed by atoms with Gasteiger partial charge in [0.15, 0.2) is 11.6 Å². The number of halogens is 1. The van der Waals surface area contributed by atoms with E-state index in [0.29, 0.717) is 5.56 Å². The molecule has 3 heteroatoms. The van der Waals surface area contributed by atoms with Crippen LogP contribution < -0.4 is 5.73 Å². The normalized spacial score (nSPS) is 9.92. The fraction of sp³-hybridized carbons (Fsp3) is 0.222. The second-order valence-corrected chi connectivity index (χ2v) is 2.71. The van der Waals surface area contributed by atoms with E-state index in [0.717, 1.165) is 0 Å². The summed E-state index contributed by atoms with van der Waals surface area (Å²) in [5.41, 5.74) is 6.16. The van der Waals surface area contributed by atoms with Crippen molar-refractivity contribution in [3.8, 4) is 0 Å². The van der Waals surface area contributed by atoms with E-state index in [1.54, 1.807) is 13.0 Å². The number of Topliss-reactive ketones (excluding diaryl/α,β-unsaturated/α-hetero) is 1. The van der Waals surface area contributed by atoms with E-state index in [1.807, 2.05) is 0 Å². The largest absolute Gasteiger partial charge is 0.396 e. The smallest absolute Gasteiger partial charge is 0.162 e. The highest BCUT2D eigenvalue weighted by atomic mass is 19.1. The summed E-state index contributed by atoms with van der Waals surface area (Å²) >= 11 is 0. The molecule has 0 spiro atoms. The summed E-state index contributed by atoms with van der Waals surface area (Å²) in [7, 11) is 0. The Morgan fingerprint density at radius 1 is 1.50 bits per heavy atom. The lowest BCUT2D eigenvalue weighted by Gasteiger charge is -2.04. The number of hydrogen-bond donors (Lipinski definition) is 1. The first-order valence-electron chi connectivity index (χ1n) is 3.59. The van der Waals surface area contributed by atoms with Gasteiger partial charge < -0.3 is 5.73 Å². The molecule has 2 nitrogen and oxygen atoms in total. The van der Waals surface area contributed by atoms with Gasteiger partial charge in [-0.15, -0.1) is 0 Å². The molecule has 0 aliphatic heterocycles. The van der Waals surface area contributed by atoms with Crippen molar-refractivity contribution in [1.29, 1.82) is 0 Å². The van der Waals surface area contributed by atoms with Gasteiger partial charge in [0.25, 0.3) is 0 Å². The number of aryl methyl sites for hydroxylation is 1. The second-order valence-electron chi connectivity index (χ2n) is 2.71. The zero-order valence-corrected chi connectivity index (χ0v) is 7.02. The van der Waals surface area contributed by atoms with Crippen LogP contribution in [0.5, 0.6) is 0 Å². The molecule has 0 aliphatic carbocycles. The number of anilines is 1. The van der Waals surface area contributed by atoms with Crippen LogP contribution in [0, 0.1) is 12.7 Å². The molecule has 0 aromatic heterocycles. The molecule has 0 bridgehead atoms. The van der Waals surface area contributed by atoms with Gasteiger partial charge >= 0.3 is 0 Å².